The van der Waals surface area contributed by atoms with E-state index in [1.165, 1.54) is 12.1 Å². The van der Waals surface area contributed by atoms with Crippen LogP contribution in [0.1, 0.15) is 25.3 Å². The molecule has 0 radical (unpaired) electrons. The molecule has 8 nitrogen and oxygen atoms in total. The highest BCUT2D eigenvalue weighted by molar-refractivity contribution is 6.30. The van der Waals surface area contributed by atoms with E-state index in [9.17, 15) is 24.2 Å². The number of aliphatic hydroxyl groups excluding tert-OH is 2. The van der Waals surface area contributed by atoms with Gasteiger partial charge in [-0.3, -0.25) is 9.59 Å². The van der Waals surface area contributed by atoms with Crippen molar-refractivity contribution in [2.45, 2.75) is 50.8 Å². The Morgan fingerprint density at radius 3 is 2.97 bits per heavy atom. The summed E-state index contributed by atoms with van der Waals surface area (Å²) < 4.78 is 20.1. The number of aliphatic hydroxyl groups is 2. The van der Waals surface area contributed by atoms with Crippen LogP contribution in [0, 0.1) is 5.82 Å². The van der Waals surface area contributed by atoms with Gasteiger partial charge in [0, 0.05) is 24.4 Å². The van der Waals surface area contributed by atoms with E-state index in [1.807, 2.05) is 6.92 Å². The summed E-state index contributed by atoms with van der Waals surface area (Å²) in [7, 11) is 0. The Morgan fingerprint density at radius 1 is 1.42 bits per heavy atom. The van der Waals surface area contributed by atoms with E-state index in [1.54, 1.807) is 15.9 Å². The maximum atomic E-state index is 14.1. The molecule has 164 valence electrons. The summed E-state index contributed by atoms with van der Waals surface area (Å²) in [6.07, 6.45) is -1.24. The minimum absolute atomic E-state index is 0.00335. The highest BCUT2D eigenvalue weighted by atomic mass is 35.5. The molecule has 5 rings (SSSR count). The largest absolute Gasteiger partial charge is 0.507 e. The molecule has 1 aromatic rings. The van der Waals surface area contributed by atoms with Crippen molar-refractivity contribution in [1.29, 1.82) is 0 Å². The Bertz CT molecular complexity index is 1060. The Labute approximate surface area is 182 Å². The number of halogens is 2. The first-order chi connectivity index (χ1) is 14.8. The minimum Gasteiger partial charge on any atom is -0.507 e. The summed E-state index contributed by atoms with van der Waals surface area (Å²) in [4.78, 5) is 29.2. The number of ether oxygens (including phenoxy) is 1. The molecule has 3 saturated heterocycles. The molecule has 1 aromatic carbocycles. The van der Waals surface area contributed by atoms with Crippen molar-refractivity contribution in [1.82, 2.24) is 15.1 Å². The first kappa shape index (κ1) is 20.3. The van der Waals surface area contributed by atoms with Crippen molar-refractivity contribution in [3.63, 3.8) is 0 Å². The third-order valence-electron chi connectivity index (χ3n) is 6.27. The van der Waals surface area contributed by atoms with Gasteiger partial charge in [-0.15, -0.1) is 0 Å². The fourth-order valence-electron chi connectivity index (χ4n) is 4.91. The minimum atomic E-state index is -1.65. The number of fused-ring (bicyclic) bond motifs is 2. The smallest absolute Gasteiger partial charge is 0.276 e. The number of piperazine rings is 1. The third-order valence-corrected chi connectivity index (χ3v) is 6.56. The van der Waals surface area contributed by atoms with Crippen LogP contribution in [0.4, 0.5) is 4.39 Å². The molecule has 4 aliphatic heterocycles. The molecule has 4 aliphatic rings. The van der Waals surface area contributed by atoms with Gasteiger partial charge in [0.25, 0.3) is 11.8 Å². The van der Waals surface area contributed by atoms with Gasteiger partial charge in [0.2, 0.25) is 0 Å². The molecule has 4 atom stereocenters. The van der Waals surface area contributed by atoms with E-state index in [2.05, 4.69) is 5.32 Å². The van der Waals surface area contributed by atoms with Crippen molar-refractivity contribution < 1.29 is 28.9 Å². The Hall–Kier alpha value is -2.62. The first-order valence-electron chi connectivity index (χ1n) is 10.1. The zero-order valence-corrected chi connectivity index (χ0v) is 17.4. The molecule has 0 saturated carbocycles. The van der Waals surface area contributed by atoms with E-state index in [0.717, 1.165) is 0 Å². The van der Waals surface area contributed by atoms with Crippen LogP contribution in [-0.4, -0.2) is 62.8 Å². The molecule has 31 heavy (non-hydrogen) atoms. The SMILES string of the molecule is C[C@H]1CN2C(=O)C3=C(O)C(O)C(C(=O)NCc4cccc(Cl)c4F)=C4CC[C@@H]([C@H]2O1)N43. The van der Waals surface area contributed by atoms with Crippen LogP contribution in [0.2, 0.25) is 5.02 Å². The summed E-state index contributed by atoms with van der Waals surface area (Å²) in [6.45, 7) is 2.12. The Balaban J connectivity index is 1.46. The van der Waals surface area contributed by atoms with Crippen LogP contribution in [0.5, 0.6) is 0 Å². The zero-order valence-electron chi connectivity index (χ0n) is 16.6. The second-order valence-corrected chi connectivity index (χ2v) is 8.57. The quantitative estimate of drug-likeness (QED) is 0.647. The summed E-state index contributed by atoms with van der Waals surface area (Å²) in [5.41, 5.74) is 0.624. The Kier molecular flexibility index (Phi) is 4.72. The number of carbonyl (C=O) groups excluding carboxylic acids is 2. The second-order valence-electron chi connectivity index (χ2n) is 8.16. The number of allylic oxidation sites excluding steroid dienone is 1. The maximum Gasteiger partial charge on any atom is 0.276 e. The van der Waals surface area contributed by atoms with Gasteiger partial charge in [0.1, 0.15) is 17.6 Å². The lowest BCUT2D eigenvalue weighted by atomic mass is 9.96. The van der Waals surface area contributed by atoms with Gasteiger partial charge in [-0.25, -0.2) is 4.39 Å². The van der Waals surface area contributed by atoms with Gasteiger partial charge in [-0.05, 0) is 25.8 Å². The number of carbonyl (C=O) groups is 2. The lowest BCUT2D eigenvalue weighted by molar-refractivity contribution is -0.144. The van der Waals surface area contributed by atoms with Crippen LogP contribution in [0.15, 0.2) is 40.9 Å². The zero-order chi connectivity index (χ0) is 22.0. The second kappa shape index (κ2) is 7.22. The summed E-state index contributed by atoms with van der Waals surface area (Å²) >= 11 is 5.79. The topological polar surface area (TPSA) is 102 Å². The van der Waals surface area contributed by atoms with Crippen molar-refractivity contribution in [2.24, 2.45) is 0 Å². The fraction of sp³-hybridized carbons (Fsp3) is 0.429. The molecule has 1 unspecified atom stereocenters. The highest BCUT2D eigenvalue weighted by Gasteiger charge is 2.56. The standard InChI is InChI=1S/C21H21ClFN3O5/c1-9-8-25-20(30)16-18(28)17(27)14(12-5-6-13(26(12)16)21(25)31-9)19(29)24-7-10-3-2-4-11(22)15(10)23/h2-4,9,13,17,21,27-28H,5-8H2,1H3,(H,24,29)/t9-,13-,17?,21+/m0/s1. The van der Waals surface area contributed by atoms with Crippen LogP contribution in [-0.2, 0) is 20.9 Å². The van der Waals surface area contributed by atoms with Gasteiger partial charge in [-0.2, -0.15) is 0 Å². The molecule has 3 N–H and O–H groups in total. The molecule has 0 aromatic heterocycles. The number of hydrogen-bond donors (Lipinski definition) is 3. The van der Waals surface area contributed by atoms with Gasteiger partial charge >= 0.3 is 0 Å². The molecule has 0 bridgehead atoms. The number of nitrogens with zero attached hydrogens (tertiary/aromatic N) is 2. The molecule has 4 heterocycles. The lowest BCUT2D eigenvalue weighted by Gasteiger charge is -2.44. The van der Waals surface area contributed by atoms with Gasteiger partial charge in [0.15, 0.2) is 12.0 Å². The van der Waals surface area contributed by atoms with E-state index < -0.39 is 35.7 Å². The third kappa shape index (κ3) is 2.95. The first-order valence-corrected chi connectivity index (χ1v) is 10.5. The molecule has 10 heteroatoms. The molecule has 3 fully saturated rings. The van der Waals surface area contributed by atoms with Crippen molar-refractivity contribution in [3.05, 3.63) is 57.3 Å². The van der Waals surface area contributed by atoms with Gasteiger partial charge in [-0.1, -0.05) is 23.7 Å². The normalized spacial score (nSPS) is 29.5. The maximum absolute atomic E-state index is 14.1. The van der Waals surface area contributed by atoms with Crippen LogP contribution >= 0.6 is 11.6 Å². The van der Waals surface area contributed by atoms with E-state index in [4.69, 9.17) is 16.3 Å². The number of rotatable bonds is 3. The summed E-state index contributed by atoms with van der Waals surface area (Å²) in [5.74, 6) is -2.27. The van der Waals surface area contributed by atoms with Crippen molar-refractivity contribution >= 4 is 23.4 Å². The average molecular weight is 450 g/mol. The van der Waals surface area contributed by atoms with Gasteiger partial charge < -0.3 is 30.1 Å². The van der Waals surface area contributed by atoms with E-state index in [0.29, 0.717) is 25.1 Å². The van der Waals surface area contributed by atoms with Crippen LogP contribution in [0.25, 0.3) is 0 Å². The predicted octanol–water partition coefficient (Wildman–Crippen LogP) is 1.54. The van der Waals surface area contributed by atoms with Crippen molar-refractivity contribution in [2.75, 3.05) is 6.54 Å². The monoisotopic (exact) mass is 449 g/mol. The number of nitrogens with one attached hydrogen (secondary N) is 1. The summed E-state index contributed by atoms with van der Waals surface area (Å²) in [5, 5.41) is 23.9. The number of amides is 2. The van der Waals surface area contributed by atoms with Crippen LogP contribution < -0.4 is 5.32 Å². The van der Waals surface area contributed by atoms with Crippen molar-refractivity contribution in [3.8, 4) is 0 Å². The lowest BCUT2D eigenvalue weighted by Crippen LogP contribution is -2.58. The number of hydrogen-bond acceptors (Lipinski definition) is 6. The van der Waals surface area contributed by atoms with E-state index in [-0.39, 0.29) is 40.5 Å². The predicted molar refractivity (Wildman–Crippen MR) is 107 cm³/mol. The molecular weight excluding hydrogens is 429 g/mol. The fourth-order valence-corrected chi connectivity index (χ4v) is 5.10. The Morgan fingerprint density at radius 2 is 2.19 bits per heavy atom. The molecule has 2 amide bonds. The molecule has 0 spiro atoms. The number of benzene rings is 1. The molecular formula is C21H21ClFN3O5. The summed E-state index contributed by atoms with van der Waals surface area (Å²) in [6, 6.07) is 4.22. The van der Waals surface area contributed by atoms with E-state index >= 15 is 0 Å². The highest BCUT2D eigenvalue weighted by Crippen LogP contribution is 2.47. The molecule has 0 aliphatic carbocycles. The van der Waals surface area contributed by atoms with Crippen LogP contribution in [0.3, 0.4) is 0 Å². The average Bonchev–Trinajstić information content (AvgIpc) is 3.33. The van der Waals surface area contributed by atoms with Gasteiger partial charge in [0.05, 0.1) is 22.7 Å².